The van der Waals surface area contributed by atoms with Gasteiger partial charge in [-0.3, -0.25) is 0 Å². The molecule has 2 bridgehead atoms. The number of rotatable bonds is 2. The fourth-order valence-electron chi connectivity index (χ4n) is 3.25. The Bertz CT molecular complexity index is 183. The SMILES string of the molecule is CC(C)C1C2CCNC(C2)N1N(C)C. The van der Waals surface area contributed by atoms with Crippen molar-refractivity contribution >= 4 is 0 Å². The number of hydrogen-bond acceptors (Lipinski definition) is 3. The maximum atomic E-state index is 3.61. The Hall–Kier alpha value is -0.120. The number of piperidine rings is 1. The van der Waals surface area contributed by atoms with E-state index in [1.807, 2.05) is 0 Å². The van der Waals surface area contributed by atoms with Crippen molar-refractivity contribution < 1.29 is 0 Å². The van der Waals surface area contributed by atoms with Gasteiger partial charge in [0.25, 0.3) is 0 Å². The van der Waals surface area contributed by atoms with E-state index in [-0.39, 0.29) is 0 Å². The van der Waals surface area contributed by atoms with Crippen LogP contribution in [0, 0.1) is 11.8 Å². The molecule has 0 amide bonds. The largest absolute Gasteiger partial charge is 0.301 e. The highest BCUT2D eigenvalue weighted by atomic mass is 15.7. The third kappa shape index (κ3) is 1.58. The summed E-state index contributed by atoms with van der Waals surface area (Å²) in [6.45, 7) is 5.90. The molecule has 3 heteroatoms. The van der Waals surface area contributed by atoms with Gasteiger partial charge in [0.15, 0.2) is 0 Å². The molecule has 1 N–H and O–H groups in total. The lowest BCUT2D eigenvalue weighted by Gasteiger charge is -2.37. The summed E-state index contributed by atoms with van der Waals surface area (Å²) in [4.78, 5) is 0. The van der Waals surface area contributed by atoms with Gasteiger partial charge in [0.2, 0.25) is 0 Å². The molecule has 0 aromatic heterocycles. The number of fused-ring (bicyclic) bond motifs is 2. The average Bonchev–Trinajstić information content (AvgIpc) is 2.37. The van der Waals surface area contributed by atoms with Crippen molar-refractivity contribution in [2.75, 3.05) is 20.6 Å². The van der Waals surface area contributed by atoms with Gasteiger partial charge in [-0.1, -0.05) is 13.8 Å². The average molecular weight is 197 g/mol. The molecule has 0 aliphatic carbocycles. The van der Waals surface area contributed by atoms with E-state index in [9.17, 15) is 0 Å². The molecule has 2 aliphatic heterocycles. The molecule has 0 aromatic rings. The van der Waals surface area contributed by atoms with Crippen LogP contribution in [0.5, 0.6) is 0 Å². The van der Waals surface area contributed by atoms with Gasteiger partial charge in [-0.15, -0.1) is 0 Å². The monoisotopic (exact) mass is 197 g/mol. The Morgan fingerprint density at radius 2 is 2.07 bits per heavy atom. The first-order chi connectivity index (χ1) is 6.61. The maximum absolute atomic E-state index is 3.61. The number of hydrogen-bond donors (Lipinski definition) is 1. The van der Waals surface area contributed by atoms with E-state index in [0.717, 1.165) is 17.9 Å². The second-order valence-electron chi connectivity index (χ2n) is 5.22. The van der Waals surface area contributed by atoms with Crippen LogP contribution in [0.25, 0.3) is 0 Å². The second kappa shape index (κ2) is 3.80. The summed E-state index contributed by atoms with van der Waals surface area (Å²) in [6, 6.07) is 0.741. The molecule has 2 aliphatic rings. The van der Waals surface area contributed by atoms with Crippen molar-refractivity contribution in [2.45, 2.75) is 38.9 Å². The van der Waals surface area contributed by atoms with Gasteiger partial charge < -0.3 is 5.32 Å². The van der Waals surface area contributed by atoms with Crippen LogP contribution in [-0.4, -0.2) is 42.9 Å². The van der Waals surface area contributed by atoms with Crippen molar-refractivity contribution in [3.63, 3.8) is 0 Å². The lowest BCUT2D eigenvalue weighted by atomic mass is 9.88. The van der Waals surface area contributed by atoms with Crippen LogP contribution in [0.2, 0.25) is 0 Å². The van der Waals surface area contributed by atoms with Crippen LogP contribution in [0.1, 0.15) is 26.7 Å². The quantitative estimate of drug-likeness (QED) is 0.716. The zero-order valence-electron chi connectivity index (χ0n) is 9.83. The standard InChI is InChI=1S/C11H23N3/c1-8(2)11-9-5-6-12-10(7-9)14(11)13(3)4/h8-12H,5-7H2,1-4H3. The molecule has 82 valence electrons. The third-order valence-corrected chi connectivity index (χ3v) is 3.67. The zero-order valence-corrected chi connectivity index (χ0v) is 9.83. The minimum atomic E-state index is 0.594. The summed E-state index contributed by atoms with van der Waals surface area (Å²) >= 11 is 0. The van der Waals surface area contributed by atoms with Crippen LogP contribution >= 0.6 is 0 Å². The van der Waals surface area contributed by atoms with Crippen molar-refractivity contribution in [1.82, 2.24) is 15.3 Å². The van der Waals surface area contributed by atoms with Gasteiger partial charge in [-0.2, -0.15) is 0 Å². The molecule has 3 nitrogen and oxygen atoms in total. The Labute approximate surface area is 87.4 Å². The van der Waals surface area contributed by atoms with Gasteiger partial charge >= 0.3 is 0 Å². The van der Waals surface area contributed by atoms with Crippen LogP contribution in [0.4, 0.5) is 0 Å². The van der Waals surface area contributed by atoms with Crippen molar-refractivity contribution in [1.29, 1.82) is 0 Å². The molecule has 0 radical (unpaired) electrons. The predicted molar refractivity (Wildman–Crippen MR) is 58.7 cm³/mol. The van der Waals surface area contributed by atoms with Gasteiger partial charge in [-0.05, 0) is 31.2 Å². The number of hydrazine groups is 1. The molecule has 3 unspecified atom stereocenters. The second-order valence-corrected chi connectivity index (χ2v) is 5.22. The first-order valence-corrected chi connectivity index (χ1v) is 5.80. The summed E-state index contributed by atoms with van der Waals surface area (Å²) in [5, 5.41) is 8.43. The van der Waals surface area contributed by atoms with Crippen LogP contribution < -0.4 is 5.32 Å². The van der Waals surface area contributed by atoms with E-state index < -0.39 is 0 Å². The number of nitrogens with one attached hydrogen (secondary N) is 1. The van der Waals surface area contributed by atoms with Crippen molar-refractivity contribution in [3.05, 3.63) is 0 Å². The normalized spacial score (nSPS) is 38.6. The van der Waals surface area contributed by atoms with E-state index in [0.29, 0.717) is 6.17 Å². The molecular weight excluding hydrogens is 174 g/mol. The first kappa shape index (κ1) is 10.4. The molecule has 0 aromatic carbocycles. The van der Waals surface area contributed by atoms with Crippen LogP contribution in [-0.2, 0) is 0 Å². The van der Waals surface area contributed by atoms with Crippen molar-refractivity contribution in [3.8, 4) is 0 Å². The summed E-state index contributed by atoms with van der Waals surface area (Å²) < 4.78 is 0. The summed E-state index contributed by atoms with van der Waals surface area (Å²) in [5.41, 5.74) is 0. The molecule has 0 saturated carbocycles. The third-order valence-electron chi connectivity index (χ3n) is 3.67. The van der Waals surface area contributed by atoms with Gasteiger partial charge in [0.05, 0.1) is 6.17 Å². The highest BCUT2D eigenvalue weighted by molar-refractivity contribution is 4.95. The molecule has 3 atom stereocenters. The Morgan fingerprint density at radius 3 is 2.64 bits per heavy atom. The first-order valence-electron chi connectivity index (χ1n) is 5.80. The van der Waals surface area contributed by atoms with E-state index >= 15 is 0 Å². The van der Waals surface area contributed by atoms with Crippen molar-refractivity contribution in [2.24, 2.45) is 11.8 Å². The van der Waals surface area contributed by atoms with Gasteiger partial charge in [-0.25, -0.2) is 10.0 Å². The maximum Gasteiger partial charge on any atom is 0.0741 e. The highest BCUT2D eigenvalue weighted by Crippen LogP contribution is 2.37. The Balaban J connectivity index is 2.18. The van der Waals surface area contributed by atoms with Crippen LogP contribution in [0.15, 0.2) is 0 Å². The van der Waals surface area contributed by atoms with E-state index in [1.165, 1.54) is 19.4 Å². The minimum Gasteiger partial charge on any atom is -0.301 e. The lowest BCUT2D eigenvalue weighted by Crippen LogP contribution is -2.52. The minimum absolute atomic E-state index is 0.594. The lowest BCUT2D eigenvalue weighted by molar-refractivity contribution is -0.0483. The molecule has 2 rings (SSSR count). The Kier molecular flexibility index (Phi) is 2.82. The molecule has 2 saturated heterocycles. The van der Waals surface area contributed by atoms with E-state index in [1.54, 1.807) is 0 Å². The molecule has 14 heavy (non-hydrogen) atoms. The fourth-order valence-corrected chi connectivity index (χ4v) is 3.25. The van der Waals surface area contributed by atoms with E-state index in [4.69, 9.17) is 0 Å². The van der Waals surface area contributed by atoms with Gasteiger partial charge in [0.1, 0.15) is 0 Å². The molecule has 2 fully saturated rings. The highest BCUT2D eigenvalue weighted by Gasteiger charge is 2.45. The smallest absolute Gasteiger partial charge is 0.0741 e. The zero-order chi connectivity index (χ0) is 10.3. The summed E-state index contributed by atoms with van der Waals surface area (Å²) in [7, 11) is 4.33. The topological polar surface area (TPSA) is 18.5 Å². The summed E-state index contributed by atoms with van der Waals surface area (Å²) in [6.07, 6.45) is 3.28. The predicted octanol–water partition coefficient (Wildman–Crippen LogP) is 1.13. The Morgan fingerprint density at radius 1 is 1.36 bits per heavy atom. The molecule has 0 spiro atoms. The molecular formula is C11H23N3. The van der Waals surface area contributed by atoms with Crippen LogP contribution in [0.3, 0.4) is 0 Å². The van der Waals surface area contributed by atoms with Gasteiger partial charge in [0, 0.05) is 20.1 Å². The summed E-state index contributed by atoms with van der Waals surface area (Å²) in [5.74, 6) is 1.66. The van der Waals surface area contributed by atoms with E-state index in [2.05, 4.69) is 43.3 Å². The number of nitrogens with zero attached hydrogens (tertiary/aromatic N) is 2. The molecule has 2 heterocycles. The fraction of sp³-hybridized carbons (Fsp3) is 1.00.